The molecule has 2 rings (SSSR count). The van der Waals surface area contributed by atoms with Gasteiger partial charge in [0, 0.05) is 0 Å². The van der Waals surface area contributed by atoms with Gasteiger partial charge >= 0.3 is 11.9 Å². The SMILES string of the molecule is Nc1c(/C=C/C(=O)C(F)(F)F)c(=O)[nH]c(=O)n1Cc1ccccc1. The minimum Gasteiger partial charge on any atom is -0.384 e. The van der Waals surface area contributed by atoms with Crippen LogP contribution in [-0.4, -0.2) is 21.5 Å². The highest BCUT2D eigenvalue weighted by molar-refractivity contribution is 5.98. The van der Waals surface area contributed by atoms with E-state index in [0.29, 0.717) is 11.6 Å². The van der Waals surface area contributed by atoms with Gasteiger partial charge in [0.15, 0.2) is 0 Å². The molecule has 0 aliphatic heterocycles. The highest BCUT2D eigenvalue weighted by Gasteiger charge is 2.36. The summed E-state index contributed by atoms with van der Waals surface area (Å²) in [5.41, 5.74) is 4.24. The van der Waals surface area contributed by atoms with Crippen molar-refractivity contribution >= 4 is 17.7 Å². The van der Waals surface area contributed by atoms with Crippen molar-refractivity contribution in [3.63, 3.8) is 0 Å². The molecule has 1 aromatic heterocycles. The van der Waals surface area contributed by atoms with E-state index in [1.54, 1.807) is 30.3 Å². The first-order valence-electron chi connectivity index (χ1n) is 6.66. The summed E-state index contributed by atoms with van der Waals surface area (Å²) < 4.78 is 37.6. The van der Waals surface area contributed by atoms with Crippen LogP contribution in [0.15, 0.2) is 46.0 Å². The highest BCUT2D eigenvalue weighted by atomic mass is 19.4. The van der Waals surface area contributed by atoms with Gasteiger partial charge in [-0.05, 0) is 17.7 Å². The molecular formula is C15H12F3N3O3. The minimum absolute atomic E-state index is 0.0103. The molecule has 0 unspecified atom stereocenters. The Bertz CT molecular complexity index is 896. The van der Waals surface area contributed by atoms with Gasteiger partial charge in [0.05, 0.1) is 12.1 Å². The van der Waals surface area contributed by atoms with Crippen molar-refractivity contribution in [1.82, 2.24) is 9.55 Å². The fourth-order valence-electron chi connectivity index (χ4n) is 1.94. The summed E-state index contributed by atoms with van der Waals surface area (Å²) in [5, 5.41) is 0. The number of nitrogen functional groups attached to an aromatic ring is 1. The molecule has 3 N–H and O–H groups in total. The van der Waals surface area contributed by atoms with Gasteiger partial charge < -0.3 is 5.73 Å². The molecule has 0 saturated carbocycles. The van der Waals surface area contributed by atoms with Crippen molar-refractivity contribution in [2.75, 3.05) is 5.73 Å². The Morgan fingerprint density at radius 3 is 2.42 bits per heavy atom. The molecule has 0 saturated heterocycles. The highest BCUT2D eigenvalue weighted by Crippen LogP contribution is 2.17. The first kappa shape index (κ1) is 17.3. The van der Waals surface area contributed by atoms with Gasteiger partial charge in [-0.15, -0.1) is 0 Å². The lowest BCUT2D eigenvalue weighted by atomic mass is 10.2. The van der Waals surface area contributed by atoms with E-state index in [9.17, 15) is 27.6 Å². The molecule has 0 spiro atoms. The fourth-order valence-corrected chi connectivity index (χ4v) is 1.94. The Kier molecular flexibility index (Phi) is 4.72. The zero-order valence-electron chi connectivity index (χ0n) is 12.1. The van der Waals surface area contributed by atoms with E-state index in [1.807, 2.05) is 4.98 Å². The lowest BCUT2D eigenvalue weighted by Gasteiger charge is -2.11. The summed E-state index contributed by atoms with van der Waals surface area (Å²) in [7, 11) is 0. The van der Waals surface area contributed by atoms with E-state index < -0.39 is 28.8 Å². The lowest BCUT2D eigenvalue weighted by Crippen LogP contribution is -2.34. The second-order valence-corrected chi connectivity index (χ2v) is 4.83. The van der Waals surface area contributed by atoms with Crippen LogP contribution in [0, 0.1) is 0 Å². The van der Waals surface area contributed by atoms with Crippen molar-refractivity contribution in [3.8, 4) is 0 Å². The number of allylic oxidation sites excluding steroid dienone is 1. The second-order valence-electron chi connectivity index (χ2n) is 4.83. The number of rotatable bonds is 4. The molecule has 0 aliphatic rings. The number of hydrogen-bond donors (Lipinski definition) is 2. The predicted octanol–water partition coefficient (Wildman–Crippen LogP) is 1.31. The van der Waals surface area contributed by atoms with Crippen LogP contribution in [0.25, 0.3) is 6.08 Å². The molecule has 1 heterocycles. The average molecular weight is 339 g/mol. The number of carbonyl (C=O) groups is 1. The van der Waals surface area contributed by atoms with Crippen LogP contribution >= 0.6 is 0 Å². The molecule has 0 fully saturated rings. The normalized spacial score (nSPS) is 11.8. The van der Waals surface area contributed by atoms with Crippen LogP contribution in [0.1, 0.15) is 11.1 Å². The van der Waals surface area contributed by atoms with E-state index in [1.165, 1.54) is 0 Å². The molecule has 126 valence electrons. The summed E-state index contributed by atoms with van der Waals surface area (Å²) in [5.74, 6) is -2.47. The number of nitrogens with zero attached hydrogens (tertiary/aromatic N) is 1. The van der Waals surface area contributed by atoms with Gasteiger partial charge in [-0.3, -0.25) is 19.1 Å². The van der Waals surface area contributed by atoms with Crippen molar-refractivity contribution in [2.45, 2.75) is 12.7 Å². The van der Waals surface area contributed by atoms with E-state index in [4.69, 9.17) is 5.73 Å². The topological polar surface area (TPSA) is 98.0 Å². The van der Waals surface area contributed by atoms with Crippen LogP contribution in [0.3, 0.4) is 0 Å². The molecule has 0 amide bonds. The molecule has 24 heavy (non-hydrogen) atoms. The number of ketones is 1. The number of alkyl halides is 3. The van der Waals surface area contributed by atoms with Crippen LogP contribution in [0.2, 0.25) is 0 Å². The Morgan fingerprint density at radius 1 is 1.21 bits per heavy atom. The monoisotopic (exact) mass is 339 g/mol. The standard InChI is InChI=1S/C15H12F3N3O3/c16-15(17,18)11(22)7-6-10-12(19)21(14(24)20-13(10)23)8-9-4-2-1-3-5-9/h1-7H,8,19H2,(H,20,23,24)/b7-6+. The number of halogens is 3. The summed E-state index contributed by atoms with van der Waals surface area (Å²) in [4.78, 5) is 36.4. The molecule has 6 nitrogen and oxygen atoms in total. The maximum Gasteiger partial charge on any atom is 0.454 e. The summed E-state index contributed by atoms with van der Waals surface area (Å²) >= 11 is 0. The van der Waals surface area contributed by atoms with Gasteiger partial charge in [-0.25, -0.2) is 4.79 Å². The lowest BCUT2D eigenvalue weighted by molar-refractivity contribution is -0.165. The molecule has 2 aromatic rings. The largest absolute Gasteiger partial charge is 0.454 e. The summed E-state index contributed by atoms with van der Waals surface area (Å²) in [6.45, 7) is 0.0103. The molecule has 1 aromatic carbocycles. The van der Waals surface area contributed by atoms with Crippen molar-refractivity contribution < 1.29 is 18.0 Å². The quantitative estimate of drug-likeness (QED) is 0.821. The van der Waals surface area contributed by atoms with E-state index in [-0.39, 0.29) is 18.4 Å². The van der Waals surface area contributed by atoms with Crippen molar-refractivity contribution in [3.05, 3.63) is 68.4 Å². The first-order valence-corrected chi connectivity index (χ1v) is 6.66. The van der Waals surface area contributed by atoms with Crippen LogP contribution in [-0.2, 0) is 11.3 Å². The zero-order valence-corrected chi connectivity index (χ0v) is 12.1. The number of aromatic amines is 1. The van der Waals surface area contributed by atoms with E-state index in [0.717, 1.165) is 4.57 Å². The predicted molar refractivity (Wildman–Crippen MR) is 81.4 cm³/mol. The Labute approximate surface area is 133 Å². The molecular weight excluding hydrogens is 327 g/mol. The number of H-pyrrole nitrogens is 1. The van der Waals surface area contributed by atoms with Crippen molar-refractivity contribution in [1.29, 1.82) is 0 Å². The maximum absolute atomic E-state index is 12.2. The number of anilines is 1. The van der Waals surface area contributed by atoms with E-state index >= 15 is 0 Å². The summed E-state index contributed by atoms with van der Waals surface area (Å²) in [6.07, 6.45) is -4.22. The van der Waals surface area contributed by atoms with Gasteiger partial charge in [0.2, 0.25) is 0 Å². The Balaban J connectivity index is 2.45. The van der Waals surface area contributed by atoms with Gasteiger partial charge in [-0.2, -0.15) is 13.2 Å². The number of carbonyl (C=O) groups excluding carboxylic acids is 1. The summed E-state index contributed by atoms with van der Waals surface area (Å²) in [6, 6.07) is 8.63. The third kappa shape index (κ3) is 3.80. The molecule has 0 bridgehead atoms. The van der Waals surface area contributed by atoms with Gasteiger partial charge in [0.1, 0.15) is 5.82 Å². The van der Waals surface area contributed by atoms with Crippen LogP contribution < -0.4 is 17.0 Å². The van der Waals surface area contributed by atoms with Crippen LogP contribution in [0.5, 0.6) is 0 Å². The van der Waals surface area contributed by atoms with Crippen LogP contribution in [0.4, 0.5) is 19.0 Å². The first-order chi connectivity index (χ1) is 11.2. The number of nitrogens with two attached hydrogens (primary N) is 1. The van der Waals surface area contributed by atoms with Gasteiger partial charge in [-0.1, -0.05) is 30.3 Å². The fraction of sp³-hybridized carbons (Fsp3) is 0.133. The molecule has 0 atom stereocenters. The van der Waals surface area contributed by atoms with Crippen molar-refractivity contribution in [2.24, 2.45) is 0 Å². The molecule has 0 aliphatic carbocycles. The number of nitrogens with one attached hydrogen (secondary N) is 1. The number of aromatic nitrogens is 2. The second kappa shape index (κ2) is 6.57. The number of benzene rings is 1. The third-order valence-corrected chi connectivity index (χ3v) is 3.14. The van der Waals surface area contributed by atoms with E-state index in [2.05, 4.69) is 0 Å². The minimum atomic E-state index is -5.06. The zero-order chi connectivity index (χ0) is 17.9. The molecule has 0 radical (unpaired) electrons. The molecule has 9 heteroatoms. The van der Waals surface area contributed by atoms with Gasteiger partial charge in [0.25, 0.3) is 11.3 Å². The Morgan fingerprint density at radius 2 is 1.83 bits per heavy atom. The third-order valence-electron chi connectivity index (χ3n) is 3.14. The number of hydrogen-bond acceptors (Lipinski definition) is 4. The Hall–Kier alpha value is -3.10. The smallest absolute Gasteiger partial charge is 0.384 e. The maximum atomic E-state index is 12.2. The average Bonchev–Trinajstić information content (AvgIpc) is 2.51.